The second-order valence-corrected chi connectivity index (χ2v) is 8.24. The second kappa shape index (κ2) is 9.25. The molecule has 1 saturated heterocycles. The van der Waals surface area contributed by atoms with Gasteiger partial charge in [-0.15, -0.1) is 0 Å². The Bertz CT molecular complexity index is 1340. The second-order valence-electron chi connectivity index (χ2n) is 8.24. The molecule has 1 amide bonds. The van der Waals surface area contributed by atoms with E-state index in [-0.39, 0.29) is 23.3 Å². The number of aliphatic hydroxyl groups is 1. The number of halogens is 5. The van der Waals surface area contributed by atoms with Crippen LogP contribution in [0.15, 0.2) is 41.3 Å². The van der Waals surface area contributed by atoms with Crippen molar-refractivity contribution >= 4 is 22.8 Å². The van der Waals surface area contributed by atoms with Crippen LogP contribution >= 0.6 is 0 Å². The van der Waals surface area contributed by atoms with Crippen molar-refractivity contribution in [2.45, 2.75) is 38.1 Å². The van der Waals surface area contributed by atoms with Gasteiger partial charge in [-0.05, 0) is 37.1 Å². The minimum atomic E-state index is -4.74. The predicted molar refractivity (Wildman–Crippen MR) is 118 cm³/mol. The Morgan fingerprint density at radius 1 is 1.26 bits per heavy atom. The van der Waals surface area contributed by atoms with Crippen molar-refractivity contribution in [1.29, 1.82) is 0 Å². The lowest BCUT2D eigenvalue weighted by molar-refractivity contribution is -0.153. The number of rotatable bonds is 5. The number of benzene rings is 1. The van der Waals surface area contributed by atoms with Gasteiger partial charge in [-0.3, -0.25) is 14.2 Å². The summed E-state index contributed by atoms with van der Waals surface area (Å²) in [5.41, 5.74) is -1.90. The summed E-state index contributed by atoms with van der Waals surface area (Å²) in [6, 6.07) is 3.23. The molecule has 3 aromatic rings. The number of carbonyl (C=O) groups is 1. The zero-order valence-corrected chi connectivity index (χ0v) is 18.4. The molecule has 0 bridgehead atoms. The first kappa shape index (κ1) is 24.6. The maximum atomic E-state index is 14.7. The normalized spacial score (nSPS) is 17.1. The van der Waals surface area contributed by atoms with Crippen LogP contribution in [0.1, 0.15) is 30.1 Å². The number of fused-ring (bicyclic) bond motifs is 1. The summed E-state index contributed by atoms with van der Waals surface area (Å²) in [5, 5.41) is 11.5. The molecular formula is C23H21F5N4O3. The average molecular weight is 496 g/mol. The molecule has 3 heterocycles. The highest BCUT2D eigenvalue weighted by Crippen LogP contribution is 2.26. The molecule has 0 saturated carbocycles. The van der Waals surface area contributed by atoms with Gasteiger partial charge in [-0.2, -0.15) is 13.2 Å². The summed E-state index contributed by atoms with van der Waals surface area (Å²) in [4.78, 5) is 32.0. The van der Waals surface area contributed by atoms with Crippen molar-refractivity contribution in [1.82, 2.24) is 14.9 Å². The van der Waals surface area contributed by atoms with Crippen LogP contribution in [0.3, 0.4) is 0 Å². The lowest BCUT2D eigenvalue weighted by atomic mass is 10.1. The third-order valence-electron chi connectivity index (χ3n) is 5.85. The van der Waals surface area contributed by atoms with Crippen molar-refractivity contribution in [2.24, 2.45) is 0 Å². The first-order valence-electron chi connectivity index (χ1n) is 10.8. The minimum absolute atomic E-state index is 0.0844. The summed E-state index contributed by atoms with van der Waals surface area (Å²) in [6.45, 7) is 1.99. The number of hydrogen-bond donors (Lipinski definition) is 2. The van der Waals surface area contributed by atoms with E-state index < -0.39 is 53.3 Å². The maximum Gasteiger partial charge on any atom is 0.408 e. The SMILES string of the molecule is CC[C@@H](NC(=O)c1cn(-c2ccc(F)cc2F)c2nc(N3CCC(O)C3)ccc2c1=O)C(F)(F)F. The number of pyridine rings is 2. The number of hydrogen-bond acceptors (Lipinski definition) is 5. The Labute approximate surface area is 195 Å². The number of anilines is 1. The minimum Gasteiger partial charge on any atom is -0.391 e. The third kappa shape index (κ3) is 4.83. The first-order chi connectivity index (χ1) is 16.5. The van der Waals surface area contributed by atoms with Crippen LogP contribution in [-0.4, -0.2) is 52.0 Å². The number of alkyl halides is 3. The van der Waals surface area contributed by atoms with Gasteiger partial charge in [0.15, 0.2) is 5.65 Å². The highest BCUT2D eigenvalue weighted by atomic mass is 19.4. The predicted octanol–water partition coefficient (Wildman–Crippen LogP) is 3.31. The third-order valence-corrected chi connectivity index (χ3v) is 5.85. The van der Waals surface area contributed by atoms with Crippen LogP contribution in [0.4, 0.5) is 27.8 Å². The molecule has 1 unspecified atom stereocenters. The standard InChI is InChI=1S/C23H21F5N4O3/c1-2-18(23(26,27)28)29-22(35)15-11-32(17-5-3-12(24)9-16(17)25)21-14(20(15)34)4-6-19(30-21)31-8-7-13(33)10-31/h3-6,9,11,13,18,33H,2,7-8,10H2,1H3,(H,29,35)/t13?,18-/m1/s1. The van der Waals surface area contributed by atoms with Crippen molar-refractivity contribution in [3.05, 3.63) is 63.9 Å². The van der Waals surface area contributed by atoms with Crippen LogP contribution in [0.25, 0.3) is 16.7 Å². The molecule has 1 aliphatic heterocycles. The fraction of sp³-hybridized carbons (Fsp3) is 0.348. The number of β-amino-alcohol motifs (C(OH)–C–C–N with tert-alkyl or cyclic N) is 1. The molecule has 0 radical (unpaired) electrons. The van der Waals surface area contributed by atoms with E-state index in [1.165, 1.54) is 19.1 Å². The first-order valence-corrected chi connectivity index (χ1v) is 10.8. The van der Waals surface area contributed by atoms with Gasteiger partial charge in [0.25, 0.3) is 5.91 Å². The van der Waals surface area contributed by atoms with Gasteiger partial charge in [0.2, 0.25) is 5.43 Å². The van der Waals surface area contributed by atoms with Crippen LogP contribution in [0.5, 0.6) is 0 Å². The number of aliphatic hydroxyl groups excluding tert-OH is 1. The molecule has 4 rings (SSSR count). The fourth-order valence-corrected chi connectivity index (χ4v) is 3.99. The molecule has 35 heavy (non-hydrogen) atoms. The summed E-state index contributed by atoms with van der Waals surface area (Å²) in [7, 11) is 0. The van der Waals surface area contributed by atoms with E-state index >= 15 is 0 Å². The molecule has 12 heteroatoms. The Kier molecular flexibility index (Phi) is 6.50. The highest BCUT2D eigenvalue weighted by Gasteiger charge is 2.39. The quantitative estimate of drug-likeness (QED) is 0.530. The summed E-state index contributed by atoms with van der Waals surface area (Å²) < 4.78 is 68.8. The molecule has 0 aliphatic carbocycles. The molecule has 2 atom stereocenters. The zero-order chi connectivity index (χ0) is 25.5. The number of aromatic nitrogens is 2. The van der Waals surface area contributed by atoms with Crippen LogP contribution < -0.4 is 15.6 Å². The van der Waals surface area contributed by atoms with Crippen LogP contribution in [0.2, 0.25) is 0 Å². The van der Waals surface area contributed by atoms with E-state index in [0.717, 1.165) is 22.9 Å². The van der Waals surface area contributed by atoms with Gasteiger partial charge >= 0.3 is 6.18 Å². The van der Waals surface area contributed by atoms with Crippen molar-refractivity contribution in [3.63, 3.8) is 0 Å². The number of nitrogens with zero attached hydrogens (tertiary/aromatic N) is 3. The van der Waals surface area contributed by atoms with Crippen molar-refractivity contribution in [3.8, 4) is 5.69 Å². The molecule has 2 N–H and O–H groups in total. The Morgan fingerprint density at radius 3 is 2.60 bits per heavy atom. The van der Waals surface area contributed by atoms with Crippen molar-refractivity contribution < 1.29 is 31.9 Å². The van der Waals surface area contributed by atoms with E-state index in [1.54, 1.807) is 10.2 Å². The molecule has 1 aliphatic rings. The van der Waals surface area contributed by atoms with E-state index in [9.17, 15) is 36.6 Å². The topological polar surface area (TPSA) is 87.5 Å². The molecule has 0 spiro atoms. The molecule has 7 nitrogen and oxygen atoms in total. The Balaban J connectivity index is 1.90. The van der Waals surface area contributed by atoms with Gasteiger partial charge in [-0.25, -0.2) is 13.8 Å². The molecule has 1 fully saturated rings. The summed E-state index contributed by atoms with van der Waals surface area (Å²) in [5.74, 6) is -2.83. The Morgan fingerprint density at radius 2 is 2.00 bits per heavy atom. The summed E-state index contributed by atoms with van der Waals surface area (Å²) in [6.07, 6.45) is -4.38. The van der Waals surface area contributed by atoms with Gasteiger partial charge in [-0.1, -0.05) is 6.92 Å². The highest BCUT2D eigenvalue weighted by molar-refractivity contribution is 5.97. The average Bonchev–Trinajstić information content (AvgIpc) is 3.23. The Hall–Kier alpha value is -3.54. The number of nitrogens with one attached hydrogen (secondary N) is 1. The maximum absolute atomic E-state index is 14.7. The molecule has 2 aromatic heterocycles. The summed E-state index contributed by atoms with van der Waals surface area (Å²) >= 11 is 0. The molecular weight excluding hydrogens is 475 g/mol. The van der Waals surface area contributed by atoms with Gasteiger partial charge in [0.05, 0.1) is 17.2 Å². The number of carbonyl (C=O) groups excluding carboxylic acids is 1. The van der Waals surface area contributed by atoms with Gasteiger partial charge in [0.1, 0.15) is 29.1 Å². The van der Waals surface area contributed by atoms with Crippen molar-refractivity contribution in [2.75, 3.05) is 18.0 Å². The lowest BCUT2D eigenvalue weighted by Crippen LogP contribution is -2.46. The van der Waals surface area contributed by atoms with E-state index in [0.29, 0.717) is 24.8 Å². The van der Waals surface area contributed by atoms with Crippen LogP contribution in [0, 0.1) is 11.6 Å². The number of amides is 1. The largest absolute Gasteiger partial charge is 0.408 e. The lowest BCUT2D eigenvalue weighted by Gasteiger charge is -2.21. The monoisotopic (exact) mass is 496 g/mol. The van der Waals surface area contributed by atoms with Gasteiger partial charge in [0, 0.05) is 25.4 Å². The van der Waals surface area contributed by atoms with Gasteiger partial charge < -0.3 is 15.3 Å². The fourth-order valence-electron chi connectivity index (χ4n) is 3.99. The van der Waals surface area contributed by atoms with Crippen LogP contribution in [-0.2, 0) is 0 Å². The zero-order valence-electron chi connectivity index (χ0n) is 18.4. The smallest absolute Gasteiger partial charge is 0.391 e. The van der Waals surface area contributed by atoms with E-state index in [1.807, 2.05) is 0 Å². The molecule has 186 valence electrons. The van der Waals surface area contributed by atoms with E-state index in [2.05, 4.69) is 4.98 Å². The molecule has 1 aromatic carbocycles. The van der Waals surface area contributed by atoms with E-state index in [4.69, 9.17) is 0 Å².